The molecule has 0 aliphatic heterocycles. The molecule has 0 saturated carbocycles. The lowest BCUT2D eigenvalue weighted by Crippen LogP contribution is -2.23. The highest BCUT2D eigenvalue weighted by molar-refractivity contribution is 8.04. The predicted octanol–water partition coefficient (Wildman–Crippen LogP) is 3.53. The van der Waals surface area contributed by atoms with Crippen molar-refractivity contribution in [1.29, 1.82) is 0 Å². The third kappa shape index (κ3) is 4.55. The topological polar surface area (TPSA) is 88.1 Å². The summed E-state index contributed by atoms with van der Waals surface area (Å²) in [5, 5.41) is 0. The Hall–Kier alpha value is -3.52. The number of Topliss-reactive ketones (excluding diaryl/α,β-unsaturated/α-hetero) is 2. The quantitative estimate of drug-likeness (QED) is 0.442. The molecule has 0 amide bonds. The second-order valence-electron chi connectivity index (χ2n) is 6.59. The molecule has 0 saturated heterocycles. The van der Waals surface area contributed by atoms with E-state index in [9.17, 15) is 14.4 Å². The summed E-state index contributed by atoms with van der Waals surface area (Å²) < 4.78 is 20.5. The van der Waals surface area contributed by atoms with Gasteiger partial charge in [0.25, 0.3) is 0 Å². The van der Waals surface area contributed by atoms with Crippen molar-refractivity contribution in [3.05, 3.63) is 70.3 Å². The zero-order valence-corrected chi connectivity index (χ0v) is 18.9. The van der Waals surface area contributed by atoms with Crippen molar-refractivity contribution in [2.24, 2.45) is 0 Å². The van der Waals surface area contributed by atoms with Gasteiger partial charge in [0.15, 0.2) is 5.76 Å². The van der Waals surface area contributed by atoms with E-state index in [1.807, 2.05) is 0 Å². The molecule has 0 fully saturated rings. The molecule has 7 nitrogen and oxygen atoms in total. The van der Waals surface area contributed by atoms with E-state index < -0.39 is 17.5 Å². The lowest BCUT2D eigenvalue weighted by atomic mass is 9.87. The fraction of sp³-hybridized carbons (Fsp3) is 0.208. The Labute approximate surface area is 190 Å². The largest absolute Gasteiger partial charge is 0.497 e. The highest BCUT2D eigenvalue weighted by Gasteiger charge is 2.37. The number of rotatable bonds is 8. The number of methoxy groups -OCH3 is 4. The maximum absolute atomic E-state index is 13.6. The van der Waals surface area contributed by atoms with Gasteiger partial charge >= 0.3 is 5.97 Å². The second kappa shape index (κ2) is 10.2. The minimum Gasteiger partial charge on any atom is -0.497 e. The van der Waals surface area contributed by atoms with E-state index in [0.717, 1.165) is 11.8 Å². The van der Waals surface area contributed by atoms with Crippen LogP contribution in [-0.4, -0.2) is 51.7 Å². The smallest absolute Gasteiger partial charge is 0.315 e. The molecule has 0 unspecified atom stereocenters. The van der Waals surface area contributed by atoms with E-state index in [4.69, 9.17) is 18.9 Å². The number of allylic oxidation sites excluding steroid dienone is 3. The van der Waals surface area contributed by atoms with Gasteiger partial charge in [-0.05, 0) is 35.4 Å². The highest BCUT2D eigenvalue weighted by atomic mass is 32.2. The zero-order chi connectivity index (χ0) is 23.3. The molecule has 0 bridgehead atoms. The van der Waals surface area contributed by atoms with Crippen LogP contribution in [0.1, 0.15) is 11.1 Å². The van der Waals surface area contributed by atoms with Crippen LogP contribution in [0.3, 0.4) is 0 Å². The van der Waals surface area contributed by atoms with E-state index in [1.54, 1.807) is 48.5 Å². The van der Waals surface area contributed by atoms with E-state index in [2.05, 4.69) is 0 Å². The maximum atomic E-state index is 13.6. The first-order chi connectivity index (χ1) is 15.4. The number of carbonyl (C=O) groups excluding carboxylic acids is 3. The Morgan fingerprint density at radius 1 is 0.719 bits per heavy atom. The van der Waals surface area contributed by atoms with Gasteiger partial charge in [-0.3, -0.25) is 14.4 Å². The highest BCUT2D eigenvalue weighted by Crippen LogP contribution is 2.41. The summed E-state index contributed by atoms with van der Waals surface area (Å²) in [4.78, 5) is 39.1. The average molecular weight is 455 g/mol. The Kier molecular flexibility index (Phi) is 7.37. The van der Waals surface area contributed by atoms with Crippen LogP contribution in [0.4, 0.5) is 0 Å². The molecule has 0 atom stereocenters. The number of hydrogen-bond acceptors (Lipinski definition) is 8. The summed E-state index contributed by atoms with van der Waals surface area (Å²) >= 11 is 0.962. The minimum atomic E-state index is -0.510. The van der Waals surface area contributed by atoms with Crippen molar-refractivity contribution in [2.75, 3.05) is 34.2 Å². The van der Waals surface area contributed by atoms with Crippen LogP contribution >= 0.6 is 11.8 Å². The molecule has 2 aromatic rings. The fourth-order valence-electron chi connectivity index (χ4n) is 3.22. The molecule has 0 aromatic heterocycles. The number of ketones is 2. The summed E-state index contributed by atoms with van der Waals surface area (Å²) in [5.74, 6) is -0.339. The van der Waals surface area contributed by atoms with Gasteiger partial charge in [-0.2, -0.15) is 0 Å². The Morgan fingerprint density at radius 3 is 1.66 bits per heavy atom. The monoisotopic (exact) mass is 454 g/mol. The van der Waals surface area contributed by atoms with E-state index in [1.165, 1.54) is 28.4 Å². The summed E-state index contributed by atoms with van der Waals surface area (Å²) in [5.41, 5.74) is 1.32. The van der Waals surface area contributed by atoms with Crippen LogP contribution in [-0.2, 0) is 23.9 Å². The van der Waals surface area contributed by atoms with Crippen LogP contribution in [0.15, 0.2) is 59.2 Å². The Morgan fingerprint density at radius 2 is 1.22 bits per heavy atom. The summed E-state index contributed by atoms with van der Waals surface area (Å²) in [7, 11) is 5.69. The van der Waals surface area contributed by atoms with Crippen molar-refractivity contribution in [3.8, 4) is 11.5 Å². The first kappa shape index (κ1) is 23.1. The fourth-order valence-corrected chi connectivity index (χ4v) is 4.19. The first-order valence-corrected chi connectivity index (χ1v) is 10.5. The van der Waals surface area contributed by atoms with Gasteiger partial charge in [0, 0.05) is 0 Å². The number of hydrogen-bond donors (Lipinski definition) is 0. The van der Waals surface area contributed by atoms with Crippen molar-refractivity contribution in [3.63, 3.8) is 0 Å². The summed E-state index contributed by atoms with van der Waals surface area (Å²) in [6.45, 7) is 0. The van der Waals surface area contributed by atoms with Gasteiger partial charge in [-0.1, -0.05) is 24.3 Å². The Bertz CT molecular complexity index is 1100. The number of carbonyl (C=O) groups is 3. The molecule has 1 aliphatic carbocycles. The van der Waals surface area contributed by atoms with Crippen LogP contribution in [0.2, 0.25) is 0 Å². The van der Waals surface area contributed by atoms with Crippen LogP contribution in [0.5, 0.6) is 11.5 Å². The van der Waals surface area contributed by atoms with Gasteiger partial charge in [0.05, 0.1) is 50.2 Å². The predicted molar refractivity (Wildman–Crippen MR) is 121 cm³/mol. The first-order valence-electron chi connectivity index (χ1n) is 9.55. The number of benzene rings is 2. The molecule has 0 spiro atoms. The average Bonchev–Trinajstić information content (AvgIpc) is 2.83. The van der Waals surface area contributed by atoms with Gasteiger partial charge in [0.2, 0.25) is 11.6 Å². The number of esters is 1. The van der Waals surface area contributed by atoms with E-state index in [0.29, 0.717) is 22.6 Å². The molecular weight excluding hydrogens is 432 g/mol. The van der Waals surface area contributed by atoms with E-state index >= 15 is 0 Å². The standard InChI is InChI=1S/C24H22O7S/c1-28-16-9-5-14(6-10-16)19-22(27)24(32-13-18(25)30-3)20(21(26)23(19)31-4)15-7-11-17(29-2)12-8-15/h5-12H,13H2,1-4H3. The molecule has 0 radical (unpaired) electrons. The molecule has 1 aliphatic rings. The molecule has 0 heterocycles. The van der Waals surface area contributed by atoms with Crippen molar-refractivity contribution < 1.29 is 33.3 Å². The molecule has 32 heavy (non-hydrogen) atoms. The minimum absolute atomic E-state index is 0.0617. The van der Waals surface area contributed by atoms with Gasteiger partial charge in [0.1, 0.15) is 11.5 Å². The van der Waals surface area contributed by atoms with Gasteiger partial charge in [-0.25, -0.2) is 0 Å². The molecule has 2 aromatic carbocycles. The van der Waals surface area contributed by atoms with Crippen LogP contribution in [0.25, 0.3) is 11.1 Å². The molecular formula is C24H22O7S. The summed E-state index contributed by atoms with van der Waals surface area (Å²) in [6.07, 6.45) is 0. The van der Waals surface area contributed by atoms with Crippen LogP contribution < -0.4 is 9.47 Å². The second-order valence-corrected chi connectivity index (χ2v) is 7.58. The molecule has 0 N–H and O–H groups in total. The normalized spacial score (nSPS) is 13.9. The van der Waals surface area contributed by atoms with E-state index in [-0.39, 0.29) is 27.6 Å². The number of thioether (sulfide) groups is 1. The maximum Gasteiger partial charge on any atom is 0.315 e. The van der Waals surface area contributed by atoms with Crippen molar-refractivity contribution >= 4 is 40.4 Å². The molecule has 166 valence electrons. The SMILES string of the molecule is COC(=O)CSC1=C(c2ccc(OC)cc2)C(=O)C(OC)=C(c2ccc(OC)cc2)C1=O. The third-order valence-electron chi connectivity index (χ3n) is 4.84. The van der Waals surface area contributed by atoms with Gasteiger partial charge in [-0.15, -0.1) is 11.8 Å². The van der Waals surface area contributed by atoms with Crippen LogP contribution in [0, 0.1) is 0 Å². The molecule has 3 rings (SSSR count). The lowest BCUT2D eigenvalue weighted by Gasteiger charge is -2.23. The van der Waals surface area contributed by atoms with Crippen molar-refractivity contribution in [1.82, 2.24) is 0 Å². The lowest BCUT2D eigenvalue weighted by molar-refractivity contribution is -0.137. The Balaban J connectivity index is 2.15. The number of ether oxygens (including phenoxy) is 4. The molecule has 8 heteroatoms. The van der Waals surface area contributed by atoms with Gasteiger partial charge < -0.3 is 18.9 Å². The van der Waals surface area contributed by atoms with Crippen molar-refractivity contribution in [2.45, 2.75) is 0 Å². The summed E-state index contributed by atoms with van der Waals surface area (Å²) in [6, 6.07) is 13.5. The third-order valence-corrected chi connectivity index (χ3v) is 5.90. The zero-order valence-electron chi connectivity index (χ0n) is 18.1.